The van der Waals surface area contributed by atoms with Crippen LogP contribution in [0, 0.1) is 6.92 Å². The van der Waals surface area contributed by atoms with Crippen LogP contribution >= 0.6 is 11.6 Å². The minimum absolute atomic E-state index is 0.179. The van der Waals surface area contributed by atoms with Crippen LogP contribution in [-0.4, -0.2) is 25.5 Å². The summed E-state index contributed by atoms with van der Waals surface area (Å²) >= 11 is 6.06. The van der Waals surface area contributed by atoms with Crippen LogP contribution in [0.2, 0.25) is 5.02 Å². The average molecular weight is 333 g/mol. The second-order valence-corrected chi connectivity index (χ2v) is 5.33. The van der Waals surface area contributed by atoms with Gasteiger partial charge in [-0.25, -0.2) is 0 Å². The average Bonchev–Trinajstić information content (AvgIpc) is 2.55. The zero-order valence-corrected chi connectivity index (χ0v) is 13.6. The molecule has 2 amide bonds. The van der Waals surface area contributed by atoms with Crippen LogP contribution in [0.1, 0.15) is 15.9 Å². The number of amides is 2. The molecule has 0 fully saturated rings. The fourth-order valence-electron chi connectivity index (χ4n) is 1.93. The first-order chi connectivity index (χ1) is 11.0. The Bertz CT molecular complexity index is 732. The number of nitrogens with one attached hydrogen (secondary N) is 2. The van der Waals surface area contributed by atoms with Crippen molar-refractivity contribution >= 4 is 29.1 Å². The molecule has 0 atom stereocenters. The monoisotopic (exact) mass is 332 g/mol. The summed E-state index contributed by atoms with van der Waals surface area (Å²) in [5.41, 5.74) is 2.01. The molecular weight excluding hydrogens is 316 g/mol. The highest BCUT2D eigenvalue weighted by atomic mass is 35.5. The highest BCUT2D eigenvalue weighted by molar-refractivity contribution is 6.33. The molecule has 0 bridgehead atoms. The zero-order valence-electron chi connectivity index (χ0n) is 12.9. The number of ether oxygens (including phenoxy) is 1. The summed E-state index contributed by atoms with van der Waals surface area (Å²) in [7, 11) is 1.55. The lowest BCUT2D eigenvalue weighted by Gasteiger charge is -2.10. The predicted octanol–water partition coefficient (Wildman–Crippen LogP) is 3.03. The molecule has 5 nitrogen and oxygen atoms in total. The van der Waals surface area contributed by atoms with Crippen molar-refractivity contribution < 1.29 is 14.3 Å². The minimum Gasteiger partial charge on any atom is -0.484 e. The van der Waals surface area contributed by atoms with E-state index in [1.54, 1.807) is 43.4 Å². The van der Waals surface area contributed by atoms with Gasteiger partial charge in [0.15, 0.2) is 6.61 Å². The smallest absolute Gasteiger partial charge is 0.262 e. The Morgan fingerprint density at radius 2 is 1.96 bits per heavy atom. The van der Waals surface area contributed by atoms with E-state index in [-0.39, 0.29) is 18.4 Å². The van der Waals surface area contributed by atoms with Crippen molar-refractivity contribution in [3.8, 4) is 5.75 Å². The van der Waals surface area contributed by atoms with Crippen molar-refractivity contribution in [1.82, 2.24) is 5.32 Å². The van der Waals surface area contributed by atoms with Gasteiger partial charge < -0.3 is 15.4 Å². The summed E-state index contributed by atoms with van der Waals surface area (Å²) in [4.78, 5) is 23.5. The molecule has 0 heterocycles. The zero-order chi connectivity index (χ0) is 16.8. The third-order valence-corrected chi connectivity index (χ3v) is 3.40. The maximum atomic E-state index is 11.9. The Morgan fingerprint density at radius 3 is 2.65 bits per heavy atom. The molecule has 0 aliphatic rings. The van der Waals surface area contributed by atoms with Gasteiger partial charge in [-0.15, -0.1) is 0 Å². The van der Waals surface area contributed by atoms with Crippen molar-refractivity contribution in [2.24, 2.45) is 0 Å². The highest BCUT2D eigenvalue weighted by Gasteiger charge is 2.08. The SMILES string of the molecule is CNC(=O)c1cccc(OCC(=O)Nc2ccc(C)cc2Cl)c1. The number of hydrogen-bond acceptors (Lipinski definition) is 3. The molecule has 2 aromatic carbocycles. The molecule has 0 aliphatic heterocycles. The van der Waals surface area contributed by atoms with Crippen molar-refractivity contribution in [3.05, 3.63) is 58.6 Å². The minimum atomic E-state index is -0.332. The third kappa shape index (κ3) is 4.72. The first-order valence-electron chi connectivity index (χ1n) is 7.00. The van der Waals surface area contributed by atoms with Crippen molar-refractivity contribution in [3.63, 3.8) is 0 Å². The van der Waals surface area contributed by atoms with Crippen LogP contribution in [0.25, 0.3) is 0 Å². The van der Waals surface area contributed by atoms with E-state index >= 15 is 0 Å². The third-order valence-electron chi connectivity index (χ3n) is 3.09. The van der Waals surface area contributed by atoms with Gasteiger partial charge in [0.2, 0.25) is 0 Å². The summed E-state index contributed by atoms with van der Waals surface area (Å²) in [5, 5.41) is 5.68. The van der Waals surface area contributed by atoms with Gasteiger partial charge in [-0.2, -0.15) is 0 Å². The number of carbonyl (C=O) groups is 2. The van der Waals surface area contributed by atoms with E-state index < -0.39 is 0 Å². The lowest BCUT2D eigenvalue weighted by molar-refractivity contribution is -0.118. The molecule has 2 N–H and O–H groups in total. The van der Waals surface area contributed by atoms with E-state index in [9.17, 15) is 9.59 Å². The standard InChI is InChI=1S/C17H17ClN2O3/c1-11-6-7-15(14(18)8-11)20-16(21)10-23-13-5-3-4-12(9-13)17(22)19-2/h3-9H,10H2,1-2H3,(H,19,22)(H,20,21). The topological polar surface area (TPSA) is 67.4 Å². The molecule has 2 aromatic rings. The Morgan fingerprint density at radius 1 is 1.17 bits per heavy atom. The van der Waals surface area contributed by atoms with Gasteiger partial charge in [-0.3, -0.25) is 9.59 Å². The van der Waals surface area contributed by atoms with Crippen LogP contribution in [0.5, 0.6) is 5.75 Å². The lowest BCUT2D eigenvalue weighted by atomic mass is 10.2. The molecule has 120 valence electrons. The largest absolute Gasteiger partial charge is 0.484 e. The van der Waals surface area contributed by atoms with Crippen LogP contribution in [0.4, 0.5) is 5.69 Å². The maximum absolute atomic E-state index is 11.9. The van der Waals surface area contributed by atoms with Crippen LogP contribution in [0.15, 0.2) is 42.5 Å². The molecule has 0 saturated carbocycles. The summed E-state index contributed by atoms with van der Waals surface area (Å²) in [6.45, 7) is 1.74. The Hall–Kier alpha value is -2.53. The number of hydrogen-bond donors (Lipinski definition) is 2. The van der Waals surface area contributed by atoms with Gasteiger partial charge in [-0.05, 0) is 42.8 Å². The number of carbonyl (C=O) groups excluding carboxylic acids is 2. The highest BCUT2D eigenvalue weighted by Crippen LogP contribution is 2.22. The van der Waals surface area contributed by atoms with Crippen molar-refractivity contribution in [1.29, 1.82) is 0 Å². The molecule has 0 aromatic heterocycles. The molecule has 2 rings (SSSR count). The normalized spacial score (nSPS) is 10.0. The maximum Gasteiger partial charge on any atom is 0.262 e. The predicted molar refractivity (Wildman–Crippen MR) is 90.1 cm³/mol. The Labute approximate surface area is 139 Å². The van der Waals surface area contributed by atoms with Crippen LogP contribution in [0.3, 0.4) is 0 Å². The molecule has 6 heteroatoms. The summed E-state index contributed by atoms with van der Waals surface area (Å²) in [6, 6.07) is 12.0. The van der Waals surface area contributed by atoms with E-state index in [2.05, 4.69) is 10.6 Å². The molecule has 23 heavy (non-hydrogen) atoms. The van der Waals surface area contributed by atoms with Crippen molar-refractivity contribution in [2.45, 2.75) is 6.92 Å². The number of anilines is 1. The quantitative estimate of drug-likeness (QED) is 0.884. The summed E-state index contributed by atoms with van der Waals surface area (Å²) in [5.74, 6) is -0.108. The van der Waals surface area contributed by atoms with E-state index in [1.165, 1.54) is 0 Å². The second-order valence-electron chi connectivity index (χ2n) is 4.93. The first-order valence-corrected chi connectivity index (χ1v) is 7.38. The lowest BCUT2D eigenvalue weighted by Crippen LogP contribution is -2.21. The van der Waals surface area contributed by atoms with Crippen LogP contribution in [-0.2, 0) is 4.79 Å². The van der Waals surface area contributed by atoms with Gasteiger partial charge in [0.1, 0.15) is 5.75 Å². The van der Waals surface area contributed by atoms with Crippen molar-refractivity contribution in [2.75, 3.05) is 19.0 Å². The van der Waals surface area contributed by atoms with E-state index in [0.717, 1.165) is 5.56 Å². The Kier molecular flexibility index (Phi) is 5.60. The molecule has 0 aliphatic carbocycles. The summed E-state index contributed by atoms with van der Waals surface area (Å²) in [6.07, 6.45) is 0. The molecule has 0 unspecified atom stereocenters. The molecule has 0 radical (unpaired) electrons. The summed E-state index contributed by atoms with van der Waals surface area (Å²) < 4.78 is 5.40. The number of aryl methyl sites for hydroxylation is 1. The van der Waals surface area contributed by atoms with Gasteiger partial charge in [0, 0.05) is 12.6 Å². The molecule has 0 spiro atoms. The number of rotatable bonds is 5. The molecular formula is C17H17ClN2O3. The van der Waals surface area contributed by atoms with Gasteiger partial charge in [-0.1, -0.05) is 23.7 Å². The fourth-order valence-corrected chi connectivity index (χ4v) is 2.21. The van der Waals surface area contributed by atoms with Gasteiger partial charge in [0.05, 0.1) is 10.7 Å². The van der Waals surface area contributed by atoms with Gasteiger partial charge >= 0.3 is 0 Å². The second kappa shape index (κ2) is 7.65. The van der Waals surface area contributed by atoms with Gasteiger partial charge in [0.25, 0.3) is 11.8 Å². The molecule has 0 saturated heterocycles. The number of benzene rings is 2. The number of halogens is 1. The Balaban J connectivity index is 1.95. The fraction of sp³-hybridized carbons (Fsp3) is 0.176. The van der Waals surface area contributed by atoms with E-state index in [4.69, 9.17) is 16.3 Å². The van der Waals surface area contributed by atoms with Crippen LogP contribution < -0.4 is 15.4 Å². The van der Waals surface area contributed by atoms with E-state index in [1.807, 2.05) is 13.0 Å². The van der Waals surface area contributed by atoms with E-state index in [0.29, 0.717) is 22.0 Å². The first kappa shape index (κ1) is 16.8.